The minimum absolute atomic E-state index is 0.0927. The molecule has 0 unspecified atom stereocenters. The molecule has 2 N–H and O–H groups in total. The first-order valence-electron chi connectivity index (χ1n) is 7.25. The quantitative estimate of drug-likeness (QED) is 0.598. The summed E-state index contributed by atoms with van der Waals surface area (Å²) in [6.45, 7) is 0.903. The lowest BCUT2D eigenvalue weighted by Gasteiger charge is -2.05. The first kappa shape index (κ1) is 14.9. The number of oxazole rings is 1. The summed E-state index contributed by atoms with van der Waals surface area (Å²) in [4.78, 5) is 27.4. The van der Waals surface area contributed by atoms with Gasteiger partial charge in [-0.2, -0.15) is 0 Å². The Morgan fingerprint density at radius 1 is 1.23 bits per heavy atom. The van der Waals surface area contributed by atoms with Crippen molar-refractivity contribution in [1.29, 1.82) is 0 Å². The molecule has 0 saturated heterocycles. The summed E-state index contributed by atoms with van der Waals surface area (Å²) in [6, 6.07) is 7.48. The van der Waals surface area contributed by atoms with E-state index in [-0.39, 0.29) is 23.5 Å². The van der Waals surface area contributed by atoms with Gasteiger partial charge in [0, 0.05) is 19.0 Å². The zero-order valence-electron chi connectivity index (χ0n) is 12.0. The van der Waals surface area contributed by atoms with Crippen LogP contribution >= 0.6 is 11.8 Å². The first-order chi connectivity index (χ1) is 10.7. The summed E-state index contributed by atoms with van der Waals surface area (Å²) < 4.78 is 5.52. The maximum atomic E-state index is 11.7. The molecular weight excluding hydrogens is 302 g/mol. The maximum Gasteiger partial charge on any atom is 0.257 e. The lowest BCUT2D eigenvalue weighted by atomic mass is 10.3. The van der Waals surface area contributed by atoms with E-state index >= 15 is 0 Å². The molecule has 7 heteroatoms. The van der Waals surface area contributed by atoms with Crippen molar-refractivity contribution in [3.63, 3.8) is 0 Å². The normalized spacial score (nSPS) is 14.0. The first-order valence-corrected chi connectivity index (χ1v) is 8.24. The highest BCUT2D eigenvalue weighted by Crippen LogP contribution is 2.28. The third-order valence-corrected chi connectivity index (χ3v) is 4.12. The van der Waals surface area contributed by atoms with E-state index in [0.29, 0.717) is 23.9 Å². The van der Waals surface area contributed by atoms with Crippen LogP contribution in [0, 0.1) is 5.92 Å². The zero-order valence-corrected chi connectivity index (χ0v) is 12.8. The Morgan fingerprint density at radius 3 is 2.77 bits per heavy atom. The summed E-state index contributed by atoms with van der Waals surface area (Å²) in [5.74, 6) is 0.428. The lowest BCUT2D eigenvalue weighted by molar-refractivity contribution is -0.123. The van der Waals surface area contributed by atoms with Gasteiger partial charge in [0.05, 0.1) is 5.75 Å². The van der Waals surface area contributed by atoms with Gasteiger partial charge in [0.2, 0.25) is 11.8 Å². The summed E-state index contributed by atoms with van der Waals surface area (Å²) in [5.41, 5.74) is 1.50. The number of aromatic nitrogens is 1. The molecule has 3 rings (SSSR count). The van der Waals surface area contributed by atoms with Crippen molar-refractivity contribution in [1.82, 2.24) is 15.6 Å². The van der Waals surface area contributed by atoms with Crippen molar-refractivity contribution in [3.05, 3.63) is 24.3 Å². The maximum absolute atomic E-state index is 11.7. The predicted octanol–water partition coefficient (Wildman–Crippen LogP) is 1.56. The molecule has 0 bridgehead atoms. The number of rotatable bonds is 7. The minimum Gasteiger partial charge on any atom is -0.431 e. The van der Waals surface area contributed by atoms with E-state index < -0.39 is 0 Å². The summed E-state index contributed by atoms with van der Waals surface area (Å²) >= 11 is 1.26. The van der Waals surface area contributed by atoms with E-state index in [1.54, 1.807) is 0 Å². The van der Waals surface area contributed by atoms with Gasteiger partial charge in [-0.05, 0) is 25.0 Å². The number of nitrogens with zero attached hydrogens (tertiary/aromatic N) is 1. The number of fused-ring (bicyclic) bond motifs is 1. The van der Waals surface area contributed by atoms with Crippen LogP contribution in [0.5, 0.6) is 0 Å². The standard InChI is InChI=1S/C15H17N3O3S/c19-13(16-7-8-17-14(20)10-5-6-10)9-22-15-18-11-3-1-2-4-12(11)21-15/h1-4,10H,5-9H2,(H,16,19)(H,17,20). The lowest BCUT2D eigenvalue weighted by Crippen LogP contribution is -2.35. The summed E-state index contributed by atoms with van der Waals surface area (Å²) in [6.07, 6.45) is 1.97. The van der Waals surface area contributed by atoms with Crippen LogP contribution in [0.2, 0.25) is 0 Å². The van der Waals surface area contributed by atoms with E-state index in [1.165, 1.54) is 11.8 Å². The Kier molecular flexibility index (Phi) is 4.62. The van der Waals surface area contributed by atoms with Crippen molar-refractivity contribution in [2.45, 2.75) is 18.1 Å². The smallest absolute Gasteiger partial charge is 0.257 e. The molecule has 1 aliphatic carbocycles. The summed E-state index contributed by atoms with van der Waals surface area (Å²) in [5, 5.41) is 6.04. The highest BCUT2D eigenvalue weighted by Gasteiger charge is 2.28. The largest absolute Gasteiger partial charge is 0.431 e. The van der Waals surface area contributed by atoms with E-state index in [2.05, 4.69) is 15.6 Å². The van der Waals surface area contributed by atoms with Crippen molar-refractivity contribution in [3.8, 4) is 0 Å². The van der Waals surface area contributed by atoms with Crippen LogP contribution < -0.4 is 10.6 Å². The van der Waals surface area contributed by atoms with Crippen molar-refractivity contribution >= 4 is 34.7 Å². The van der Waals surface area contributed by atoms with Gasteiger partial charge in [0.25, 0.3) is 5.22 Å². The highest BCUT2D eigenvalue weighted by atomic mass is 32.2. The number of hydrogen-bond acceptors (Lipinski definition) is 5. The number of carbonyl (C=O) groups excluding carboxylic acids is 2. The van der Waals surface area contributed by atoms with Crippen molar-refractivity contribution in [2.75, 3.05) is 18.8 Å². The molecule has 0 aliphatic heterocycles. The van der Waals surface area contributed by atoms with E-state index in [9.17, 15) is 9.59 Å². The van der Waals surface area contributed by atoms with E-state index in [4.69, 9.17) is 4.42 Å². The average molecular weight is 319 g/mol. The average Bonchev–Trinajstić information content (AvgIpc) is 3.29. The molecule has 1 heterocycles. The number of nitrogens with one attached hydrogen (secondary N) is 2. The molecule has 1 aliphatic rings. The van der Waals surface area contributed by atoms with Gasteiger partial charge in [-0.3, -0.25) is 9.59 Å². The minimum atomic E-state index is -0.104. The molecule has 0 radical (unpaired) electrons. The molecule has 116 valence electrons. The van der Waals surface area contributed by atoms with Gasteiger partial charge >= 0.3 is 0 Å². The molecule has 22 heavy (non-hydrogen) atoms. The topological polar surface area (TPSA) is 84.2 Å². The molecular formula is C15H17N3O3S. The fourth-order valence-electron chi connectivity index (χ4n) is 1.97. The number of carbonyl (C=O) groups is 2. The zero-order chi connectivity index (χ0) is 15.4. The Bertz CT molecular complexity index is 648. The molecule has 1 saturated carbocycles. The number of amides is 2. The fraction of sp³-hybridized carbons (Fsp3) is 0.400. The molecule has 1 fully saturated rings. The van der Waals surface area contributed by atoms with E-state index in [1.807, 2.05) is 24.3 Å². The second-order valence-corrected chi connectivity index (χ2v) is 6.08. The van der Waals surface area contributed by atoms with Crippen LogP contribution in [-0.4, -0.2) is 35.6 Å². The van der Waals surface area contributed by atoms with E-state index in [0.717, 1.165) is 18.4 Å². The fourth-order valence-corrected chi connectivity index (χ4v) is 2.64. The molecule has 0 spiro atoms. The number of para-hydroxylation sites is 2. The number of hydrogen-bond donors (Lipinski definition) is 2. The SMILES string of the molecule is O=C(CSc1nc2ccccc2o1)NCCNC(=O)C1CC1. The molecule has 2 aromatic rings. The monoisotopic (exact) mass is 319 g/mol. The number of thioether (sulfide) groups is 1. The predicted molar refractivity (Wildman–Crippen MR) is 83.5 cm³/mol. The molecule has 2 amide bonds. The third-order valence-electron chi connectivity index (χ3n) is 3.30. The Labute approximate surface area is 132 Å². The number of benzene rings is 1. The summed E-state index contributed by atoms with van der Waals surface area (Å²) in [7, 11) is 0. The van der Waals surface area contributed by atoms with Crippen LogP contribution in [0.1, 0.15) is 12.8 Å². The van der Waals surface area contributed by atoms with Crippen LogP contribution in [0.3, 0.4) is 0 Å². The van der Waals surface area contributed by atoms with Crippen LogP contribution in [0.15, 0.2) is 33.9 Å². The van der Waals surface area contributed by atoms with Crippen LogP contribution in [0.25, 0.3) is 11.1 Å². The van der Waals surface area contributed by atoms with Gasteiger partial charge in [-0.1, -0.05) is 23.9 Å². The van der Waals surface area contributed by atoms with Gasteiger partial charge in [0.1, 0.15) is 5.52 Å². The third kappa shape index (κ3) is 4.00. The van der Waals surface area contributed by atoms with Gasteiger partial charge in [0.15, 0.2) is 5.58 Å². The second kappa shape index (κ2) is 6.83. The Morgan fingerprint density at radius 2 is 2.00 bits per heavy atom. The Hall–Kier alpha value is -2.02. The molecule has 1 aromatic carbocycles. The van der Waals surface area contributed by atoms with Gasteiger partial charge in [-0.15, -0.1) is 0 Å². The molecule has 6 nitrogen and oxygen atoms in total. The van der Waals surface area contributed by atoms with Crippen molar-refractivity contribution in [2.24, 2.45) is 5.92 Å². The molecule has 0 atom stereocenters. The molecule has 1 aromatic heterocycles. The van der Waals surface area contributed by atoms with Gasteiger partial charge in [-0.25, -0.2) is 4.98 Å². The van der Waals surface area contributed by atoms with Crippen LogP contribution in [-0.2, 0) is 9.59 Å². The highest BCUT2D eigenvalue weighted by molar-refractivity contribution is 7.99. The second-order valence-electron chi connectivity index (χ2n) is 5.15. The Balaban J connectivity index is 1.35. The van der Waals surface area contributed by atoms with Crippen molar-refractivity contribution < 1.29 is 14.0 Å². The van der Waals surface area contributed by atoms with Gasteiger partial charge < -0.3 is 15.1 Å². The van der Waals surface area contributed by atoms with Crippen LogP contribution in [0.4, 0.5) is 0 Å².